The van der Waals surface area contributed by atoms with Crippen molar-refractivity contribution < 1.29 is 9.59 Å². The summed E-state index contributed by atoms with van der Waals surface area (Å²) in [7, 11) is 3.93. The van der Waals surface area contributed by atoms with Gasteiger partial charge in [0.1, 0.15) is 6.04 Å². The molecule has 2 heterocycles. The first-order valence-electron chi connectivity index (χ1n) is 9.19. The van der Waals surface area contributed by atoms with E-state index in [-0.39, 0.29) is 23.3 Å². The first kappa shape index (κ1) is 17.9. The molecule has 1 atom stereocenters. The van der Waals surface area contributed by atoms with Crippen LogP contribution in [0.25, 0.3) is 0 Å². The van der Waals surface area contributed by atoms with Crippen molar-refractivity contribution in [3.63, 3.8) is 0 Å². The molecular weight excluding hydrogens is 314 g/mol. The zero-order valence-corrected chi connectivity index (χ0v) is 15.5. The first-order valence-corrected chi connectivity index (χ1v) is 9.19. The fourth-order valence-corrected chi connectivity index (χ4v) is 4.14. The van der Waals surface area contributed by atoms with Gasteiger partial charge in [-0.05, 0) is 51.3 Å². The SMILES string of the molecule is Cc1cccc([C@@H](C(=O)N2CCC3(CCC(=O)NC3)CC2)N(C)C)c1. The van der Waals surface area contributed by atoms with Crippen molar-refractivity contribution >= 4 is 11.8 Å². The van der Waals surface area contributed by atoms with E-state index in [0.29, 0.717) is 6.42 Å². The Morgan fingerprint density at radius 1 is 1.24 bits per heavy atom. The van der Waals surface area contributed by atoms with Gasteiger partial charge in [0.2, 0.25) is 11.8 Å². The summed E-state index contributed by atoms with van der Waals surface area (Å²) in [5.74, 6) is 0.349. The Balaban J connectivity index is 1.69. The summed E-state index contributed by atoms with van der Waals surface area (Å²) in [6, 6.07) is 7.98. The number of carbonyl (C=O) groups is 2. The van der Waals surface area contributed by atoms with E-state index in [0.717, 1.165) is 44.5 Å². The molecule has 5 heteroatoms. The number of carbonyl (C=O) groups excluding carboxylic acids is 2. The molecule has 2 aliphatic heterocycles. The van der Waals surface area contributed by atoms with Crippen LogP contribution >= 0.6 is 0 Å². The number of piperidine rings is 2. The van der Waals surface area contributed by atoms with Gasteiger partial charge in [0, 0.05) is 26.1 Å². The average molecular weight is 343 g/mol. The molecule has 1 aromatic rings. The normalized spacial score (nSPS) is 21.3. The van der Waals surface area contributed by atoms with E-state index < -0.39 is 0 Å². The summed E-state index contributed by atoms with van der Waals surface area (Å²) >= 11 is 0. The van der Waals surface area contributed by atoms with Gasteiger partial charge in [-0.2, -0.15) is 0 Å². The van der Waals surface area contributed by atoms with Gasteiger partial charge >= 0.3 is 0 Å². The van der Waals surface area contributed by atoms with Gasteiger partial charge in [0.25, 0.3) is 0 Å². The molecule has 2 amide bonds. The maximum Gasteiger partial charge on any atom is 0.244 e. The van der Waals surface area contributed by atoms with Crippen LogP contribution in [0, 0.1) is 12.3 Å². The Morgan fingerprint density at radius 3 is 2.52 bits per heavy atom. The molecule has 1 spiro atoms. The number of nitrogens with zero attached hydrogens (tertiary/aromatic N) is 2. The molecule has 25 heavy (non-hydrogen) atoms. The summed E-state index contributed by atoms with van der Waals surface area (Å²) in [6.07, 6.45) is 3.54. The minimum absolute atomic E-state index is 0.163. The molecule has 0 radical (unpaired) electrons. The molecule has 1 aromatic carbocycles. The molecule has 2 saturated heterocycles. The number of amides is 2. The standard InChI is InChI=1S/C20H29N3O2/c1-15-5-4-6-16(13-15)18(22(2)3)19(25)23-11-9-20(10-12-23)8-7-17(24)21-14-20/h4-6,13,18H,7-12,14H2,1-3H3,(H,21,24)/t18-/m0/s1. The maximum absolute atomic E-state index is 13.2. The Morgan fingerprint density at radius 2 is 1.96 bits per heavy atom. The van der Waals surface area contributed by atoms with Gasteiger partial charge in [-0.25, -0.2) is 0 Å². The number of rotatable bonds is 3. The quantitative estimate of drug-likeness (QED) is 0.915. The lowest BCUT2D eigenvalue weighted by Crippen LogP contribution is -2.52. The van der Waals surface area contributed by atoms with Crippen molar-refractivity contribution in [1.82, 2.24) is 15.1 Å². The van der Waals surface area contributed by atoms with Crippen molar-refractivity contribution in [3.8, 4) is 0 Å². The van der Waals surface area contributed by atoms with Crippen molar-refractivity contribution in [2.75, 3.05) is 33.7 Å². The van der Waals surface area contributed by atoms with Crippen LogP contribution in [0.4, 0.5) is 0 Å². The fraction of sp³-hybridized carbons (Fsp3) is 0.600. The number of likely N-dealkylation sites (N-methyl/N-ethyl adjacent to an activating group) is 1. The van der Waals surface area contributed by atoms with Crippen LogP contribution in [0.3, 0.4) is 0 Å². The molecule has 2 fully saturated rings. The second-order valence-corrected chi connectivity index (χ2v) is 7.88. The van der Waals surface area contributed by atoms with Gasteiger partial charge < -0.3 is 10.2 Å². The third-order valence-corrected chi connectivity index (χ3v) is 5.79. The molecule has 1 N–H and O–H groups in total. The van der Waals surface area contributed by atoms with Gasteiger partial charge in [0.15, 0.2) is 0 Å². The number of aryl methyl sites for hydroxylation is 1. The highest BCUT2D eigenvalue weighted by molar-refractivity contribution is 5.83. The zero-order chi connectivity index (χ0) is 18.0. The number of likely N-dealkylation sites (tertiary alicyclic amines) is 1. The molecule has 0 aromatic heterocycles. The minimum Gasteiger partial charge on any atom is -0.356 e. The number of hydrogen-bond donors (Lipinski definition) is 1. The highest BCUT2D eigenvalue weighted by Gasteiger charge is 2.40. The molecule has 0 aliphatic carbocycles. The van der Waals surface area contributed by atoms with Gasteiger partial charge in [-0.3, -0.25) is 14.5 Å². The number of benzene rings is 1. The molecule has 3 rings (SSSR count). The highest BCUT2D eigenvalue weighted by atomic mass is 16.2. The summed E-state index contributed by atoms with van der Waals surface area (Å²) in [4.78, 5) is 28.6. The van der Waals surface area contributed by atoms with Crippen LogP contribution in [0.1, 0.15) is 42.9 Å². The van der Waals surface area contributed by atoms with Crippen LogP contribution in [0.15, 0.2) is 24.3 Å². The van der Waals surface area contributed by atoms with E-state index in [2.05, 4.69) is 24.4 Å². The lowest BCUT2D eigenvalue weighted by atomic mass is 9.73. The van der Waals surface area contributed by atoms with Gasteiger partial charge in [-0.15, -0.1) is 0 Å². The fourth-order valence-electron chi connectivity index (χ4n) is 4.14. The number of hydrogen-bond acceptors (Lipinski definition) is 3. The summed E-state index contributed by atoms with van der Waals surface area (Å²) in [5.41, 5.74) is 2.43. The van der Waals surface area contributed by atoms with E-state index in [9.17, 15) is 9.59 Å². The van der Waals surface area contributed by atoms with Crippen LogP contribution in [-0.4, -0.2) is 55.3 Å². The molecule has 136 valence electrons. The third-order valence-electron chi connectivity index (χ3n) is 5.79. The molecule has 0 unspecified atom stereocenters. The third kappa shape index (κ3) is 3.87. The van der Waals surface area contributed by atoms with Crippen molar-refractivity contribution in [1.29, 1.82) is 0 Å². The van der Waals surface area contributed by atoms with Crippen molar-refractivity contribution in [2.45, 2.75) is 38.6 Å². The second-order valence-electron chi connectivity index (χ2n) is 7.88. The van der Waals surface area contributed by atoms with E-state index in [1.54, 1.807) is 0 Å². The van der Waals surface area contributed by atoms with Crippen LogP contribution < -0.4 is 5.32 Å². The lowest BCUT2D eigenvalue weighted by Gasteiger charge is -2.45. The topological polar surface area (TPSA) is 52.7 Å². The average Bonchev–Trinajstić information content (AvgIpc) is 2.58. The Hall–Kier alpha value is -1.88. The Bertz CT molecular complexity index is 636. The molecule has 5 nitrogen and oxygen atoms in total. The maximum atomic E-state index is 13.2. The number of nitrogens with one attached hydrogen (secondary N) is 1. The lowest BCUT2D eigenvalue weighted by molar-refractivity contribution is -0.140. The van der Waals surface area contributed by atoms with Crippen molar-refractivity contribution in [3.05, 3.63) is 35.4 Å². The monoisotopic (exact) mass is 343 g/mol. The molecular formula is C20H29N3O2. The molecule has 2 aliphatic rings. The predicted molar refractivity (Wildman–Crippen MR) is 98.1 cm³/mol. The van der Waals surface area contributed by atoms with Crippen LogP contribution in [-0.2, 0) is 9.59 Å². The zero-order valence-electron chi connectivity index (χ0n) is 15.5. The summed E-state index contributed by atoms with van der Waals surface area (Å²) in [6.45, 7) is 4.39. The van der Waals surface area contributed by atoms with Gasteiger partial charge in [0.05, 0.1) is 0 Å². The van der Waals surface area contributed by atoms with E-state index in [1.165, 1.54) is 5.56 Å². The first-order chi connectivity index (χ1) is 11.9. The smallest absolute Gasteiger partial charge is 0.244 e. The van der Waals surface area contributed by atoms with Crippen LogP contribution in [0.2, 0.25) is 0 Å². The molecule has 0 bridgehead atoms. The summed E-state index contributed by atoms with van der Waals surface area (Å²) in [5, 5.41) is 3.01. The van der Waals surface area contributed by atoms with Crippen molar-refractivity contribution in [2.24, 2.45) is 5.41 Å². The van der Waals surface area contributed by atoms with E-state index >= 15 is 0 Å². The second kappa shape index (κ2) is 7.16. The molecule has 0 saturated carbocycles. The van der Waals surface area contributed by atoms with E-state index in [1.807, 2.05) is 36.0 Å². The highest BCUT2D eigenvalue weighted by Crippen LogP contribution is 2.38. The Labute approximate surface area is 150 Å². The van der Waals surface area contributed by atoms with Crippen LogP contribution in [0.5, 0.6) is 0 Å². The summed E-state index contributed by atoms with van der Waals surface area (Å²) < 4.78 is 0. The minimum atomic E-state index is -0.236. The largest absolute Gasteiger partial charge is 0.356 e. The predicted octanol–water partition coefficient (Wildman–Crippen LogP) is 2.12. The van der Waals surface area contributed by atoms with Gasteiger partial charge in [-0.1, -0.05) is 29.8 Å². The van der Waals surface area contributed by atoms with E-state index in [4.69, 9.17) is 0 Å². The Kier molecular flexibility index (Phi) is 5.13.